The zero-order chi connectivity index (χ0) is 12.9. The highest BCUT2D eigenvalue weighted by molar-refractivity contribution is 5.90. The Morgan fingerprint density at radius 3 is 2.71 bits per heavy atom. The molecule has 1 aromatic rings. The molecule has 0 bridgehead atoms. The van der Waals surface area contributed by atoms with Gasteiger partial charge in [-0.05, 0) is 6.42 Å². The maximum absolute atomic E-state index is 11.8. The van der Waals surface area contributed by atoms with Crippen molar-refractivity contribution in [3.05, 3.63) is 11.6 Å². The molecule has 0 aromatic carbocycles. The van der Waals surface area contributed by atoms with Crippen molar-refractivity contribution in [3.8, 4) is 0 Å². The second-order valence-corrected chi connectivity index (χ2v) is 3.43. The molecule has 0 unspecified atom stereocenters. The topological polar surface area (TPSA) is 70.7 Å². The summed E-state index contributed by atoms with van der Waals surface area (Å²) < 4.78 is 35.4. The summed E-state index contributed by atoms with van der Waals surface area (Å²) in [5.41, 5.74) is 0. The molecule has 0 saturated carbocycles. The van der Waals surface area contributed by atoms with Crippen molar-refractivity contribution in [2.45, 2.75) is 32.4 Å². The van der Waals surface area contributed by atoms with Crippen LogP contribution in [-0.2, 0) is 6.42 Å². The number of amides is 1. The van der Waals surface area contributed by atoms with Gasteiger partial charge in [-0.2, -0.15) is 13.2 Å². The summed E-state index contributed by atoms with van der Waals surface area (Å²) in [6, 6.07) is 0. The zero-order valence-corrected chi connectivity index (χ0v) is 9.26. The van der Waals surface area contributed by atoms with Crippen LogP contribution in [0.25, 0.3) is 0 Å². The molecular formula is C9H13F3N4O. The smallest absolute Gasteiger partial charge is 0.349 e. The minimum Gasteiger partial charge on any atom is -0.349 e. The van der Waals surface area contributed by atoms with Crippen molar-refractivity contribution in [3.63, 3.8) is 0 Å². The molecule has 0 atom stereocenters. The van der Waals surface area contributed by atoms with Gasteiger partial charge in [-0.1, -0.05) is 6.92 Å². The number of rotatable bonds is 5. The van der Waals surface area contributed by atoms with E-state index in [0.717, 1.165) is 0 Å². The first-order chi connectivity index (χ1) is 7.92. The summed E-state index contributed by atoms with van der Waals surface area (Å²) in [6.07, 6.45) is -4.65. The molecule has 8 heteroatoms. The van der Waals surface area contributed by atoms with Crippen LogP contribution in [0.4, 0.5) is 13.2 Å². The van der Waals surface area contributed by atoms with Gasteiger partial charge in [0.05, 0.1) is 0 Å². The van der Waals surface area contributed by atoms with Crippen LogP contribution in [0.2, 0.25) is 0 Å². The highest BCUT2D eigenvalue weighted by atomic mass is 19.4. The maximum atomic E-state index is 11.8. The number of aromatic amines is 1. The fraction of sp³-hybridized carbons (Fsp3) is 0.667. The van der Waals surface area contributed by atoms with E-state index in [-0.39, 0.29) is 18.8 Å². The quantitative estimate of drug-likeness (QED) is 0.777. The molecule has 2 N–H and O–H groups in total. The van der Waals surface area contributed by atoms with Crippen LogP contribution >= 0.6 is 0 Å². The minimum absolute atomic E-state index is 0.0473. The first-order valence-electron chi connectivity index (χ1n) is 5.18. The number of hydrogen-bond donors (Lipinski definition) is 2. The monoisotopic (exact) mass is 250 g/mol. The SMILES string of the molecule is CCc1nc(C(=O)NCCCC(F)(F)F)n[nH]1. The molecule has 0 fully saturated rings. The number of aromatic nitrogens is 3. The van der Waals surface area contributed by atoms with Crippen molar-refractivity contribution >= 4 is 5.91 Å². The number of hydrogen-bond acceptors (Lipinski definition) is 3. The van der Waals surface area contributed by atoms with Gasteiger partial charge in [0.15, 0.2) is 0 Å². The van der Waals surface area contributed by atoms with Gasteiger partial charge >= 0.3 is 6.18 Å². The number of halogens is 3. The van der Waals surface area contributed by atoms with E-state index < -0.39 is 18.5 Å². The van der Waals surface area contributed by atoms with Crippen molar-refractivity contribution in [1.82, 2.24) is 20.5 Å². The number of carbonyl (C=O) groups excluding carboxylic acids is 1. The molecule has 1 amide bonds. The van der Waals surface area contributed by atoms with Gasteiger partial charge in [-0.3, -0.25) is 9.89 Å². The van der Waals surface area contributed by atoms with Crippen LogP contribution in [0.5, 0.6) is 0 Å². The molecule has 96 valence electrons. The lowest BCUT2D eigenvalue weighted by molar-refractivity contribution is -0.135. The molecule has 1 heterocycles. The summed E-state index contributed by atoms with van der Waals surface area (Å²) in [7, 11) is 0. The van der Waals surface area contributed by atoms with E-state index >= 15 is 0 Å². The Labute approximate surface area is 95.8 Å². The first-order valence-corrected chi connectivity index (χ1v) is 5.18. The number of H-pyrrole nitrogens is 1. The Hall–Kier alpha value is -1.60. The van der Waals surface area contributed by atoms with Gasteiger partial charge in [0.25, 0.3) is 5.91 Å². The summed E-state index contributed by atoms with van der Waals surface area (Å²) in [5.74, 6) is -0.0533. The van der Waals surface area contributed by atoms with Gasteiger partial charge < -0.3 is 5.32 Å². The lowest BCUT2D eigenvalue weighted by Crippen LogP contribution is -2.26. The van der Waals surface area contributed by atoms with E-state index in [0.29, 0.717) is 12.2 Å². The fourth-order valence-electron chi connectivity index (χ4n) is 1.12. The van der Waals surface area contributed by atoms with Crippen molar-refractivity contribution in [1.29, 1.82) is 0 Å². The maximum Gasteiger partial charge on any atom is 0.389 e. The molecular weight excluding hydrogens is 237 g/mol. The Kier molecular flexibility index (Phi) is 4.47. The molecule has 1 aromatic heterocycles. The molecule has 0 aliphatic rings. The van der Waals surface area contributed by atoms with Crippen LogP contribution in [0, 0.1) is 0 Å². The van der Waals surface area contributed by atoms with E-state index in [9.17, 15) is 18.0 Å². The highest BCUT2D eigenvalue weighted by Gasteiger charge is 2.26. The average Bonchev–Trinajstić information content (AvgIpc) is 2.71. The van der Waals surface area contributed by atoms with Gasteiger partial charge in [0.2, 0.25) is 5.82 Å². The van der Waals surface area contributed by atoms with E-state index in [1.807, 2.05) is 6.92 Å². The number of aryl methyl sites for hydroxylation is 1. The summed E-state index contributed by atoms with van der Waals surface area (Å²) in [4.78, 5) is 15.2. The Morgan fingerprint density at radius 1 is 1.47 bits per heavy atom. The van der Waals surface area contributed by atoms with Gasteiger partial charge in [0, 0.05) is 19.4 Å². The predicted octanol–water partition coefficient (Wildman–Crippen LogP) is 1.44. The molecule has 5 nitrogen and oxygen atoms in total. The summed E-state index contributed by atoms with van der Waals surface area (Å²) in [5, 5.41) is 8.52. The predicted molar refractivity (Wildman–Crippen MR) is 53.4 cm³/mol. The second kappa shape index (κ2) is 5.65. The molecule has 1 rings (SSSR count). The van der Waals surface area contributed by atoms with Crippen LogP contribution in [0.1, 0.15) is 36.2 Å². The van der Waals surface area contributed by atoms with E-state index in [1.54, 1.807) is 0 Å². The van der Waals surface area contributed by atoms with Crippen LogP contribution in [0.15, 0.2) is 0 Å². The Morgan fingerprint density at radius 2 is 2.18 bits per heavy atom. The number of carbonyl (C=O) groups is 1. The van der Waals surface area contributed by atoms with Gasteiger partial charge in [-0.15, -0.1) is 5.10 Å². The molecule has 0 aliphatic heterocycles. The molecule has 0 radical (unpaired) electrons. The summed E-state index contributed by atoms with van der Waals surface area (Å²) in [6.45, 7) is 1.79. The summed E-state index contributed by atoms with van der Waals surface area (Å²) >= 11 is 0. The normalized spacial score (nSPS) is 11.5. The zero-order valence-electron chi connectivity index (χ0n) is 9.26. The van der Waals surface area contributed by atoms with Gasteiger partial charge in [0.1, 0.15) is 5.82 Å². The van der Waals surface area contributed by atoms with E-state index in [4.69, 9.17) is 0 Å². The largest absolute Gasteiger partial charge is 0.389 e. The van der Waals surface area contributed by atoms with Crippen molar-refractivity contribution < 1.29 is 18.0 Å². The molecule has 0 saturated heterocycles. The second-order valence-electron chi connectivity index (χ2n) is 3.43. The standard InChI is InChI=1S/C9H13F3N4O/c1-2-6-14-7(16-15-6)8(17)13-5-3-4-9(10,11)12/h2-5H2,1H3,(H,13,17)(H,14,15,16). The van der Waals surface area contributed by atoms with E-state index in [2.05, 4.69) is 20.5 Å². The third-order valence-electron chi connectivity index (χ3n) is 1.99. The molecule has 17 heavy (non-hydrogen) atoms. The number of nitrogens with zero attached hydrogens (tertiary/aromatic N) is 2. The number of alkyl halides is 3. The molecule has 0 aliphatic carbocycles. The third-order valence-corrected chi connectivity index (χ3v) is 1.99. The van der Waals surface area contributed by atoms with Crippen LogP contribution in [-0.4, -0.2) is 33.8 Å². The molecule has 0 spiro atoms. The third kappa shape index (κ3) is 4.83. The lowest BCUT2D eigenvalue weighted by atomic mass is 10.3. The lowest BCUT2D eigenvalue weighted by Gasteiger charge is -2.05. The fourth-order valence-corrected chi connectivity index (χ4v) is 1.12. The Balaban J connectivity index is 2.30. The van der Waals surface area contributed by atoms with Crippen LogP contribution < -0.4 is 5.32 Å². The first kappa shape index (κ1) is 13.5. The minimum atomic E-state index is -4.19. The van der Waals surface area contributed by atoms with Crippen LogP contribution in [0.3, 0.4) is 0 Å². The van der Waals surface area contributed by atoms with Gasteiger partial charge in [-0.25, -0.2) is 4.98 Å². The van der Waals surface area contributed by atoms with Crippen molar-refractivity contribution in [2.75, 3.05) is 6.54 Å². The number of nitrogens with one attached hydrogen (secondary N) is 2. The highest BCUT2D eigenvalue weighted by Crippen LogP contribution is 2.20. The van der Waals surface area contributed by atoms with E-state index in [1.165, 1.54) is 0 Å². The average molecular weight is 250 g/mol. The Bertz CT molecular complexity index is 375. The van der Waals surface area contributed by atoms with Crippen molar-refractivity contribution in [2.24, 2.45) is 0 Å².